The topological polar surface area (TPSA) is 64.6 Å². The maximum Gasteiger partial charge on any atom is 0.319 e. The van der Waals surface area contributed by atoms with Gasteiger partial charge in [0.05, 0.1) is 6.54 Å². The number of nitrogens with one attached hydrogen (secondary N) is 2. The summed E-state index contributed by atoms with van der Waals surface area (Å²) in [6, 6.07) is 7.72. The molecule has 128 valence electrons. The summed E-state index contributed by atoms with van der Waals surface area (Å²) in [5.41, 5.74) is 1.18. The molecule has 5 nitrogen and oxygen atoms in total. The van der Waals surface area contributed by atoms with E-state index in [0.717, 1.165) is 36.5 Å². The van der Waals surface area contributed by atoms with Crippen molar-refractivity contribution in [3.63, 3.8) is 0 Å². The highest BCUT2D eigenvalue weighted by Crippen LogP contribution is 2.25. The fourth-order valence-electron chi connectivity index (χ4n) is 2.75. The van der Waals surface area contributed by atoms with Crippen molar-refractivity contribution < 1.29 is 14.3 Å². The molecule has 3 rings (SSSR count). The number of hydrogen-bond acceptors (Lipinski definition) is 4. The van der Waals surface area contributed by atoms with Crippen LogP contribution in [0.2, 0.25) is 0 Å². The van der Waals surface area contributed by atoms with E-state index in [1.165, 1.54) is 23.5 Å². The van der Waals surface area contributed by atoms with Gasteiger partial charge in [-0.2, -0.15) is 0 Å². The molecule has 1 aliphatic rings. The molecule has 7 heteroatoms. The minimum Gasteiger partial charge on any atom is -0.386 e. The zero-order chi connectivity index (χ0) is 16.9. The summed E-state index contributed by atoms with van der Waals surface area (Å²) < 4.78 is 13.8. The van der Waals surface area contributed by atoms with Gasteiger partial charge in [-0.3, -0.25) is 0 Å². The number of aliphatic hydroxyl groups is 1. The van der Waals surface area contributed by atoms with Crippen molar-refractivity contribution in [3.8, 4) is 0 Å². The Balaban J connectivity index is 1.57. The molecular weight excluding hydrogens is 329 g/mol. The molecule has 2 heterocycles. The molecule has 3 N–H and O–H groups in total. The molecule has 0 radical (unpaired) electrons. The summed E-state index contributed by atoms with van der Waals surface area (Å²) in [4.78, 5) is 14.9. The quantitative estimate of drug-likeness (QED) is 0.776. The maximum atomic E-state index is 13.8. The smallest absolute Gasteiger partial charge is 0.319 e. The number of urea groups is 1. The van der Waals surface area contributed by atoms with Crippen molar-refractivity contribution in [2.45, 2.75) is 18.9 Å². The predicted octanol–water partition coefficient (Wildman–Crippen LogP) is 3.34. The number of benzene rings is 1. The van der Waals surface area contributed by atoms with Crippen molar-refractivity contribution in [1.82, 2.24) is 5.32 Å². The van der Waals surface area contributed by atoms with Gasteiger partial charge in [0, 0.05) is 29.3 Å². The van der Waals surface area contributed by atoms with Gasteiger partial charge in [-0.15, -0.1) is 11.3 Å². The Morgan fingerprint density at radius 2 is 2.12 bits per heavy atom. The molecule has 24 heavy (non-hydrogen) atoms. The summed E-state index contributed by atoms with van der Waals surface area (Å²) in [6.45, 7) is 1.91. The van der Waals surface area contributed by atoms with Gasteiger partial charge in [0.2, 0.25) is 0 Å². The van der Waals surface area contributed by atoms with Crippen LogP contribution in [0.4, 0.5) is 20.6 Å². The number of carbonyl (C=O) groups excluding carboxylic acids is 1. The van der Waals surface area contributed by atoms with Crippen molar-refractivity contribution in [2.24, 2.45) is 0 Å². The second kappa shape index (κ2) is 7.63. The number of carbonyl (C=O) groups is 1. The normalized spacial score (nSPS) is 15.3. The van der Waals surface area contributed by atoms with Gasteiger partial charge < -0.3 is 20.6 Å². The van der Waals surface area contributed by atoms with Crippen LogP contribution < -0.4 is 15.5 Å². The molecule has 1 saturated heterocycles. The fraction of sp³-hybridized carbons (Fsp3) is 0.353. The molecule has 1 aliphatic heterocycles. The maximum absolute atomic E-state index is 13.8. The molecule has 0 spiro atoms. The second-order valence-electron chi connectivity index (χ2n) is 5.76. The summed E-state index contributed by atoms with van der Waals surface area (Å²) in [5.74, 6) is -0.381. The van der Waals surface area contributed by atoms with E-state index in [1.807, 2.05) is 17.5 Å². The van der Waals surface area contributed by atoms with E-state index in [2.05, 4.69) is 15.5 Å². The molecule has 0 saturated carbocycles. The summed E-state index contributed by atoms with van der Waals surface area (Å²) in [6.07, 6.45) is 1.45. The minimum atomic E-state index is -0.747. The second-order valence-corrected chi connectivity index (χ2v) is 6.74. The van der Waals surface area contributed by atoms with E-state index in [-0.39, 0.29) is 12.4 Å². The third-order valence-electron chi connectivity index (χ3n) is 3.94. The van der Waals surface area contributed by atoms with Crippen LogP contribution in [-0.2, 0) is 0 Å². The van der Waals surface area contributed by atoms with Crippen LogP contribution in [0.1, 0.15) is 23.8 Å². The van der Waals surface area contributed by atoms with Crippen LogP contribution in [0.3, 0.4) is 0 Å². The van der Waals surface area contributed by atoms with E-state index in [1.54, 1.807) is 6.07 Å². The molecule has 1 fully saturated rings. The molecule has 2 aromatic rings. The zero-order valence-corrected chi connectivity index (χ0v) is 14.0. The predicted molar refractivity (Wildman–Crippen MR) is 94.1 cm³/mol. The lowest BCUT2D eigenvalue weighted by Gasteiger charge is -2.19. The number of aliphatic hydroxyl groups excluding tert-OH is 1. The largest absolute Gasteiger partial charge is 0.386 e. The molecule has 0 unspecified atom stereocenters. The van der Waals surface area contributed by atoms with Gasteiger partial charge in [0.1, 0.15) is 11.9 Å². The summed E-state index contributed by atoms with van der Waals surface area (Å²) >= 11 is 1.43. The first kappa shape index (κ1) is 16.7. The van der Waals surface area contributed by atoms with E-state index < -0.39 is 12.1 Å². The Bertz CT molecular complexity index is 687. The van der Waals surface area contributed by atoms with Gasteiger partial charge in [0.15, 0.2) is 0 Å². The van der Waals surface area contributed by atoms with E-state index in [0.29, 0.717) is 5.69 Å². The molecule has 2 amide bonds. The van der Waals surface area contributed by atoms with Gasteiger partial charge in [-0.05, 0) is 42.5 Å². The third-order valence-corrected chi connectivity index (χ3v) is 4.91. The van der Waals surface area contributed by atoms with E-state index in [9.17, 15) is 14.3 Å². The number of thiophene rings is 1. The first-order valence-corrected chi connectivity index (χ1v) is 8.81. The first-order chi connectivity index (χ1) is 11.6. The number of halogens is 1. The van der Waals surface area contributed by atoms with E-state index >= 15 is 0 Å². The molecule has 1 aromatic carbocycles. The van der Waals surface area contributed by atoms with Crippen LogP contribution in [0.25, 0.3) is 0 Å². The average molecular weight is 349 g/mol. The number of nitrogens with zero attached hydrogens (tertiary/aromatic N) is 1. The van der Waals surface area contributed by atoms with Crippen molar-refractivity contribution in [1.29, 1.82) is 0 Å². The first-order valence-electron chi connectivity index (χ1n) is 7.94. The summed E-state index contributed by atoms with van der Waals surface area (Å²) in [7, 11) is 0. The van der Waals surface area contributed by atoms with Crippen LogP contribution in [0.5, 0.6) is 0 Å². The minimum absolute atomic E-state index is 0.0979. The molecular formula is C17H20FN3O2S. The van der Waals surface area contributed by atoms with Gasteiger partial charge in [-0.1, -0.05) is 6.07 Å². The lowest BCUT2D eigenvalue weighted by molar-refractivity contribution is 0.178. The van der Waals surface area contributed by atoms with Crippen molar-refractivity contribution in [2.75, 3.05) is 29.9 Å². The van der Waals surface area contributed by atoms with E-state index in [4.69, 9.17) is 0 Å². The van der Waals surface area contributed by atoms with Gasteiger partial charge >= 0.3 is 6.03 Å². The van der Waals surface area contributed by atoms with Gasteiger partial charge in [0.25, 0.3) is 0 Å². The number of anilines is 2. The van der Waals surface area contributed by atoms with Crippen LogP contribution >= 0.6 is 11.3 Å². The zero-order valence-electron chi connectivity index (χ0n) is 13.2. The third kappa shape index (κ3) is 4.24. The fourth-order valence-corrected chi connectivity index (χ4v) is 3.46. The standard InChI is InChI=1S/C17H20FN3O2S/c18-12-8-13(10-14(9-12)21-5-1-2-6-21)20-17(23)19-11-15(22)16-4-3-7-24-16/h3-4,7-10,15,22H,1-2,5-6,11H2,(H2,19,20,23)/t15-/m0/s1. The molecule has 1 aromatic heterocycles. The average Bonchev–Trinajstić information content (AvgIpc) is 3.25. The highest BCUT2D eigenvalue weighted by atomic mass is 32.1. The van der Waals surface area contributed by atoms with Crippen LogP contribution in [0.15, 0.2) is 35.7 Å². The molecule has 0 aliphatic carbocycles. The molecule has 0 bridgehead atoms. The Morgan fingerprint density at radius 1 is 1.33 bits per heavy atom. The Morgan fingerprint density at radius 3 is 2.83 bits per heavy atom. The van der Waals surface area contributed by atoms with Gasteiger partial charge in [-0.25, -0.2) is 9.18 Å². The SMILES string of the molecule is O=C(NC[C@H](O)c1cccs1)Nc1cc(F)cc(N2CCCC2)c1. The van der Waals surface area contributed by atoms with Crippen LogP contribution in [0, 0.1) is 5.82 Å². The highest BCUT2D eigenvalue weighted by Gasteiger charge is 2.15. The van der Waals surface area contributed by atoms with Crippen molar-refractivity contribution in [3.05, 3.63) is 46.4 Å². The number of hydrogen-bond donors (Lipinski definition) is 3. The summed E-state index contributed by atoms with van der Waals surface area (Å²) in [5, 5.41) is 17.0. The monoisotopic (exact) mass is 349 g/mol. The Labute approximate surface area is 144 Å². The lowest BCUT2D eigenvalue weighted by Crippen LogP contribution is -2.32. The molecule has 1 atom stereocenters. The van der Waals surface area contributed by atoms with Crippen molar-refractivity contribution >= 4 is 28.7 Å². The highest BCUT2D eigenvalue weighted by molar-refractivity contribution is 7.10. The number of amides is 2. The lowest BCUT2D eigenvalue weighted by atomic mass is 10.2. The Hall–Kier alpha value is -2.12. The Kier molecular flexibility index (Phi) is 5.32. The van der Waals surface area contributed by atoms with Crippen LogP contribution in [-0.4, -0.2) is 30.8 Å². The number of rotatable bonds is 5.